The van der Waals surface area contributed by atoms with Crippen LogP contribution < -0.4 is 5.32 Å². The Balaban J connectivity index is 1.95. The number of hydrogen-bond acceptors (Lipinski definition) is 12. The van der Waals surface area contributed by atoms with Gasteiger partial charge < -0.3 is 9.88 Å². The number of rotatable bonds is 13. The van der Waals surface area contributed by atoms with Gasteiger partial charge in [0.05, 0.1) is 41.9 Å². The molecule has 0 aliphatic heterocycles. The fourth-order valence-corrected chi connectivity index (χ4v) is 8.41. The predicted octanol–water partition coefficient (Wildman–Crippen LogP) is 8.04. The van der Waals surface area contributed by atoms with E-state index >= 15 is 0 Å². The first kappa shape index (κ1) is 37.3. The molecule has 13 nitrogen and oxygen atoms in total. The molecule has 0 amide bonds. The molecule has 1 N–H and O–H groups in total. The SMILES string of the molecule is CNc1nc(Cl)nc2c1ncn2CC1CC1(COP(=O)(OC(C)(C)C)OC(C)(C)C)COP(=O)(OC(C)(C)C)OC(C)(C)C. The summed E-state index contributed by atoms with van der Waals surface area (Å²) in [5, 5.41) is 3.07. The molecule has 1 saturated carbocycles. The highest BCUT2D eigenvalue weighted by molar-refractivity contribution is 7.48. The topological polar surface area (TPSA) is 145 Å². The lowest BCUT2D eigenvalue weighted by Crippen LogP contribution is -2.29. The Morgan fingerprint density at radius 1 is 0.841 bits per heavy atom. The zero-order valence-electron chi connectivity index (χ0n) is 28.3. The highest BCUT2D eigenvalue weighted by atomic mass is 35.5. The summed E-state index contributed by atoms with van der Waals surface area (Å²) in [5.41, 5.74) is -2.90. The van der Waals surface area contributed by atoms with E-state index in [0.717, 1.165) is 0 Å². The van der Waals surface area contributed by atoms with Crippen LogP contribution >= 0.6 is 27.2 Å². The molecule has 1 atom stereocenters. The van der Waals surface area contributed by atoms with Crippen LogP contribution in [0.15, 0.2) is 6.33 Å². The quantitative estimate of drug-likeness (QED) is 0.161. The molecule has 252 valence electrons. The van der Waals surface area contributed by atoms with Crippen molar-refractivity contribution in [3.05, 3.63) is 11.6 Å². The van der Waals surface area contributed by atoms with E-state index in [2.05, 4.69) is 20.3 Å². The summed E-state index contributed by atoms with van der Waals surface area (Å²) in [5.74, 6) is 0.411. The maximum atomic E-state index is 13.9. The van der Waals surface area contributed by atoms with Crippen LogP contribution in [0.3, 0.4) is 0 Å². The van der Waals surface area contributed by atoms with E-state index in [0.29, 0.717) is 29.9 Å². The minimum atomic E-state index is -4.06. The van der Waals surface area contributed by atoms with Crippen molar-refractivity contribution in [1.29, 1.82) is 0 Å². The molecule has 2 aromatic rings. The molecule has 1 fully saturated rings. The molecule has 0 bridgehead atoms. The number of phosphoric acid groups is 2. The van der Waals surface area contributed by atoms with Crippen molar-refractivity contribution in [1.82, 2.24) is 19.5 Å². The Hall–Kier alpha value is -1.14. The fraction of sp³-hybridized carbons (Fsp3) is 0.821. The van der Waals surface area contributed by atoms with Gasteiger partial charge in [-0.15, -0.1) is 0 Å². The van der Waals surface area contributed by atoms with Gasteiger partial charge in [0, 0.05) is 19.0 Å². The van der Waals surface area contributed by atoms with Crippen LogP contribution in [-0.2, 0) is 42.8 Å². The lowest BCUT2D eigenvalue weighted by Gasteiger charge is -2.33. The Bertz CT molecular complexity index is 1310. The smallest absolute Gasteiger partial charge is 0.371 e. The number of aromatic nitrogens is 4. The van der Waals surface area contributed by atoms with Crippen molar-refractivity contribution >= 4 is 44.2 Å². The molecular weight excluding hydrogens is 632 g/mol. The van der Waals surface area contributed by atoms with Gasteiger partial charge in [0.25, 0.3) is 0 Å². The highest BCUT2D eigenvalue weighted by Gasteiger charge is 2.58. The molecule has 0 spiro atoms. The van der Waals surface area contributed by atoms with Crippen molar-refractivity contribution in [3.63, 3.8) is 0 Å². The largest absolute Gasteiger partial charge is 0.475 e. The van der Waals surface area contributed by atoms with E-state index in [-0.39, 0.29) is 24.4 Å². The standard InChI is InChI=1S/C28H50ClN5O8P2/c1-24(2,3)39-43(35,40-25(4,5)6)37-16-28(17-38-44(36,41-26(7,8)9)42-27(10,11)12)14-19(28)15-34-18-31-20-21(30-13)32-23(29)33-22(20)34/h18-19H,14-17H2,1-13H3,(H,30,32,33). The third-order valence-electron chi connectivity index (χ3n) is 6.01. The molecule has 2 aromatic heterocycles. The summed E-state index contributed by atoms with van der Waals surface area (Å²) in [4.78, 5) is 13.1. The molecule has 1 unspecified atom stereocenters. The molecule has 2 heterocycles. The minimum Gasteiger partial charge on any atom is -0.371 e. The number of hydrogen-bond donors (Lipinski definition) is 1. The monoisotopic (exact) mass is 681 g/mol. The number of nitrogens with one attached hydrogen (secondary N) is 1. The summed E-state index contributed by atoms with van der Waals surface area (Å²) in [6.45, 7) is 21.6. The summed E-state index contributed by atoms with van der Waals surface area (Å²) >= 11 is 6.19. The summed E-state index contributed by atoms with van der Waals surface area (Å²) in [6.07, 6.45) is 2.23. The number of nitrogens with zero attached hydrogens (tertiary/aromatic N) is 4. The van der Waals surface area contributed by atoms with Gasteiger partial charge in [-0.05, 0) is 107 Å². The fourth-order valence-electron chi connectivity index (χ4n) is 4.45. The van der Waals surface area contributed by atoms with Crippen molar-refractivity contribution in [3.8, 4) is 0 Å². The van der Waals surface area contributed by atoms with Crippen LogP contribution in [0.2, 0.25) is 5.28 Å². The molecular formula is C28H50ClN5O8P2. The van der Waals surface area contributed by atoms with E-state index < -0.39 is 43.5 Å². The molecule has 1 aliphatic carbocycles. The molecule has 0 aromatic carbocycles. The first-order chi connectivity index (χ1) is 19.8. The summed E-state index contributed by atoms with van der Waals surface area (Å²) in [7, 11) is -6.38. The van der Waals surface area contributed by atoms with Crippen LogP contribution in [0.5, 0.6) is 0 Å². The molecule has 44 heavy (non-hydrogen) atoms. The maximum Gasteiger partial charge on any atom is 0.475 e. The van der Waals surface area contributed by atoms with Gasteiger partial charge in [-0.3, -0.25) is 27.1 Å². The highest BCUT2D eigenvalue weighted by Crippen LogP contribution is 2.63. The third-order valence-corrected chi connectivity index (χ3v) is 10.2. The van der Waals surface area contributed by atoms with Crippen LogP contribution in [0, 0.1) is 11.3 Å². The van der Waals surface area contributed by atoms with E-state index in [1.807, 2.05) is 4.57 Å². The van der Waals surface area contributed by atoms with Crippen LogP contribution in [0.1, 0.15) is 89.5 Å². The van der Waals surface area contributed by atoms with E-state index in [4.69, 9.17) is 38.7 Å². The second-order valence-corrected chi connectivity index (χ2v) is 18.6. The van der Waals surface area contributed by atoms with Gasteiger partial charge in [-0.2, -0.15) is 9.97 Å². The number of halogens is 1. The zero-order chi connectivity index (χ0) is 33.6. The Labute approximate surface area is 266 Å². The van der Waals surface area contributed by atoms with Crippen molar-refractivity contribution in [2.45, 2.75) is 118 Å². The molecule has 1 aliphatic rings. The van der Waals surface area contributed by atoms with E-state index in [9.17, 15) is 9.13 Å². The first-order valence-corrected chi connectivity index (χ1v) is 17.9. The van der Waals surface area contributed by atoms with Crippen molar-refractivity contribution in [2.24, 2.45) is 11.3 Å². The second-order valence-electron chi connectivity index (χ2n) is 15.2. The second kappa shape index (κ2) is 12.8. The Kier molecular flexibility index (Phi) is 10.9. The molecule has 0 saturated heterocycles. The number of anilines is 1. The summed E-state index contributed by atoms with van der Waals surface area (Å²) < 4.78 is 65.2. The molecule has 16 heteroatoms. The lowest BCUT2D eigenvalue weighted by molar-refractivity contribution is -0.0178. The molecule has 0 radical (unpaired) electrons. The Morgan fingerprint density at radius 3 is 1.66 bits per heavy atom. The van der Waals surface area contributed by atoms with Gasteiger partial charge in [-0.25, -0.2) is 14.1 Å². The van der Waals surface area contributed by atoms with Gasteiger partial charge in [0.2, 0.25) is 5.28 Å². The van der Waals surface area contributed by atoms with Gasteiger partial charge in [0.1, 0.15) is 0 Å². The first-order valence-electron chi connectivity index (χ1n) is 14.6. The van der Waals surface area contributed by atoms with Crippen LogP contribution in [0.25, 0.3) is 11.2 Å². The van der Waals surface area contributed by atoms with E-state index in [1.54, 1.807) is 96.5 Å². The predicted molar refractivity (Wildman–Crippen MR) is 171 cm³/mol. The number of imidazole rings is 1. The zero-order valence-corrected chi connectivity index (χ0v) is 30.9. The van der Waals surface area contributed by atoms with E-state index in [1.165, 1.54) is 0 Å². The third kappa shape index (κ3) is 11.0. The average molecular weight is 682 g/mol. The van der Waals surface area contributed by atoms with Crippen LogP contribution in [-0.4, -0.2) is 62.2 Å². The summed E-state index contributed by atoms with van der Waals surface area (Å²) in [6, 6.07) is 0. The van der Waals surface area contributed by atoms with Crippen LogP contribution in [0.4, 0.5) is 5.82 Å². The Morgan fingerprint density at radius 2 is 1.27 bits per heavy atom. The lowest BCUT2D eigenvalue weighted by atomic mass is 10.1. The number of phosphoric ester groups is 2. The minimum absolute atomic E-state index is 0.0731. The maximum absolute atomic E-state index is 13.9. The number of fused-ring (bicyclic) bond motifs is 1. The normalized spacial score (nSPS) is 18.2. The van der Waals surface area contributed by atoms with Crippen molar-refractivity contribution in [2.75, 3.05) is 25.6 Å². The molecule has 3 rings (SSSR count). The average Bonchev–Trinajstić information content (AvgIpc) is 3.31. The van der Waals surface area contributed by atoms with Gasteiger partial charge in [0.15, 0.2) is 17.0 Å². The van der Waals surface area contributed by atoms with Gasteiger partial charge in [-0.1, -0.05) is 0 Å². The van der Waals surface area contributed by atoms with Crippen molar-refractivity contribution < 1.29 is 36.3 Å². The van der Waals surface area contributed by atoms with Gasteiger partial charge >= 0.3 is 15.6 Å².